The van der Waals surface area contributed by atoms with E-state index in [0.29, 0.717) is 5.56 Å². The Kier molecular flexibility index (Phi) is 5.31. The van der Waals surface area contributed by atoms with Gasteiger partial charge in [0.25, 0.3) is 0 Å². The van der Waals surface area contributed by atoms with E-state index in [0.717, 1.165) is 61.2 Å². The Morgan fingerprint density at radius 3 is 1.09 bits per heavy atom. The van der Waals surface area contributed by atoms with Gasteiger partial charge in [-0.1, -0.05) is 127 Å². The lowest BCUT2D eigenvalue weighted by Gasteiger charge is -2.62. The van der Waals surface area contributed by atoms with Gasteiger partial charge < -0.3 is 4.18 Å². The van der Waals surface area contributed by atoms with Gasteiger partial charge in [-0.3, -0.25) is 0 Å². The molecular formula is C39H23F3O3S. The van der Waals surface area contributed by atoms with Crippen LogP contribution in [0.15, 0.2) is 140 Å². The maximum Gasteiger partial charge on any atom is 0.534 e. The van der Waals surface area contributed by atoms with Crippen LogP contribution in [0, 0.1) is 0 Å². The normalized spacial score (nSPS) is 20.0. The molecule has 9 rings (SSSR count). The summed E-state index contributed by atoms with van der Waals surface area (Å²) in [6, 6.07) is 45.7. The van der Waals surface area contributed by atoms with E-state index in [4.69, 9.17) is 4.18 Å². The molecule has 0 radical (unpaired) electrons. The highest BCUT2D eigenvalue weighted by Crippen LogP contribution is 2.73. The molecular weight excluding hydrogens is 605 g/mol. The molecule has 224 valence electrons. The Balaban J connectivity index is 1.55. The van der Waals surface area contributed by atoms with Crippen molar-refractivity contribution in [2.75, 3.05) is 0 Å². The van der Waals surface area contributed by atoms with Crippen molar-refractivity contribution < 1.29 is 25.8 Å². The lowest BCUT2D eigenvalue weighted by atomic mass is 9.38. The second-order valence-corrected chi connectivity index (χ2v) is 13.5. The molecule has 0 fully saturated rings. The standard InChI is InChI=1S/C39H23F3O3S/c40-39(41,42)46(43,44)45-24-21-22-30-29-15-5-8-18-33(29)37-31-16-6-1-11-25(31)27-13-3-9-19-34(27)38(37,36(30)23-24)35-20-10-4-14-28(35)26-12-2-7-17-32(26)37/h1-23H. The quantitative estimate of drug-likeness (QED) is 0.142. The van der Waals surface area contributed by atoms with Gasteiger partial charge in [-0.05, 0) is 78.9 Å². The van der Waals surface area contributed by atoms with Crippen molar-refractivity contribution in [1.82, 2.24) is 0 Å². The van der Waals surface area contributed by atoms with Gasteiger partial charge in [-0.2, -0.15) is 21.6 Å². The van der Waals surface area contributed by atoms with Crippen molar-refractivity contribution in [3.8, 4) is 39.1 Å². The maximum absolute atomic E-state index is 13.6. The molecule has 0 unspecified atom stereocenters. The van der Waals surface area contributed by atoms with Crippen molar-refractivity contribution in [2.45, 2.75) is 16.3 Å². The second kappa shape index (κ2) is 8.98. The zero-order chi connectivity index (χ0) is 31.5. The van der Waals surface area contributed by atoms with Crippen LogP contribution < -0.4 is 4.18 Å². The average Bonchev–Trinajstić information content (AvgIpc) is 3.07. The molecule has 3 aliphatic rings. The van der Waals surface area contributed by atoms with Crippen LogP contribution in [0.1, 0.15) is 33.4 Å². The number of rotatable bonds is 2. The van der Waals surface area contributed by atoms with Crippen LogP contribution in [-0.4, -0.2) is 13.9 Å². The monoisotopic (exact) mass is 628 g/mol. The number of fused-ring (bicyclic) bond motifs is 9. The lowest BCUT2D eigenvalue weighted by molar-refractivity contribution is -0.0500. The first-order valence-corrected chi connectivity index (χ1v) is 16.3. The number of alkyl halides is 3. The number of hydrogen-bond acceptors (Lipinski definition) is 3. The molecule has 6 aromatic rings. The summed E-state index contributed by atoms with van der Waals surface area (Å²) in [5.74, 6) is -0.397. The van der Waals surface area contributed by atoms with Gasteiger partial charge in [-0.25, -0.2) is 0 Å². The Bertz CT molecular complexity index is 2280. The zero-order valence-corrected chi connectivity index (χ0v) is 24.9. The largest absolute Gasteiger partial charge is 0.534 e. The molecule has 0 N–H and O–H groups in total. The van der Waals surface area contributed by atoms with Gasteiger partial charge in [0.15, 0.2) is 0 Å². The van der Waals surface area contributed by atoms with Crippen molar-refractivity contribution in [3.05, 3.63) is 173 Å². The van der Waals surface area contributed by atoms with Crippen molar-refractivity contribution in [3.63, 3.8) is 0 Å². The van der Waals surface area contributed by atoms with Crippen LogP contribution in [0.25, 0.3) is 33.4 Å². The molecule has 0 atom stereocenters. The fraction of sp³-hybridized carbons (Fsp3) is 0.0769. The molecule has 0 amide bonds. The van der Waals surface area contributed by atoms with Crippen LogP contribution in [0.4, 0.5) is 13.2 Å². The summed E-state index contributed by atoms with van der Waals surface area (Å²) >= 11 is 0. The van der Waals surface area contributed by atoms with Crippen LogP contribution >= 0.6 is 0 Å². The summed E-state index contributed by atoms with van der Waals surface area (Å²) in [5.41, 5.74) is 4.13. The summed E-state index contributed by atoms with van der Waals surface area (Å²) < 4.78 is 70.3. The number of halogens is 3. The molecule has 0 aliphatic heterocycles. The van der Waals surface area contributed by atoms with Crippen LogP contribution in [0.2, 0.25) is 0 Å². The van der Waals surface area contributed by atoms with Crippen molar-refractivity contribution in [2.24, 2.45) is 0 Å². The minimum Gasteiger partial charge on any atom is -0.376 e. The highest BCUT2D eigenvalue weighted by atomic mass is 32.2. The van der Waals surface area contributed by atoms with Crippen LogP contribution in [0.3, 0.4) is 0 Å². The Morgan fingerprint density at radius 1 is 0.435 bits per heavy atom. The molecule has 0 bridgehead atoms. The van der Waals surface area contributed by atoms with Crippen LogP contribution in [0.5, 0.6) is 5.75 Å². The average molecular weight is 629 g/mol. The smallest absolute Gasteiger partial charge is 0.376 e. The predicted octanol–water partition coefficient (Wildman–Crippen LogP) is 9.23. The molecule has 0 saturated carbocycles. The molecule has 3 nitrogen and oxygen atoms in total. The fourth-order valence-electron chi connectivity index (χ4n) is 8.60. The second-order valence-electron chi connectivity index (χ2n) is 11.9. The molecule has 0 heterocycles. The van der Waals surface area contributed by atoms with Crippen molar-refractivity contribution >= 4 is 10.1 Å². The van der Waals surface area contributed by atoms with Gasteiger partial charge in [0.05, 0.1) is 10.8 Å². The van der Waals surface area contributed by atoms with E-state index in [2.05, 4.69) is 54.6 Å². The van der Waals surface area contributed by atoms with Gasteiger partial charge >= 0.3 is 15.6 Å². The summed E-state index contributed by atoms with van der Waals surface area (Å²) in [4.78, 5) is 0. The van der Waals surface area contributed by atoms with E-state index >= 15 is 0 Å². The van der Waals surface area contributed by atoms with E-state index in [-0.39, 0.29) is 0 Å². The number of benzene rings is 6. The van der Waals surface area contributed by atoms with E-state index in [1.54, 1.807) is 6.07 Å². The Hall–Kier alpha value is -5.14. The maximum atomic E-state index is 13.6. The SMILES string of the molecule is O=S(=O)(Oc1ccc2c(c1)C13c4ccccc4-c4ccccc4C1(c1ccccc1-c1ccccc13)c1ccccc1-2)C(F)(F)F. The summed E-state index contributed by atoms with van der Waals surface area (Å²) in [5, 5.41) is 0. The van der Waals surface area contributed by atoms with Gasteiger partial charge in [-0.15, -0.1) is 0 Å². The molecule has 3 aliphatic carbocycles. The first-order valence-electron chi connectivity index (χ1n) is 14.8. The van der Waals surface area contributed by atoms with E-state index < -0.39 is 32.2 Å². The highest BCUT2D eigenvalue weighted by molar-refractivity contribution is 7.88. The van der Waals surface area contributed by atoms with Gasteiger partial charge in [0, 0.05) is 0 Å². The number of hydrogen-bond donors (Lipinski definition) is 0. The molecule has 0 saturated heterocycles. The minimum absolute atomic E-state index is 0.397. The lowest BCUT2D eigenvalue weighted by Crippen LogP contribution is -2.58. The van der Waals surface area contributed by atoms with E-state index in [1.807, 2.05) is 66.7 Å². The van der Waals surface area contributed by atoms with E-state index in [1.165, 1.54) is 12.1 Å². The topological polar surface area (TPSA) is 43.4 Å². The highest BCUT2D eigenvalue weighted by Gasteiger charge is 2.66. The predicted molar refractivity (Wildman–Crippen MR) is 171 cm³/mol. The molecule has 0 aromatic heterocycles. The Labute approximate surface area is 263 Å². The fourth-order valence-corrected chi connectivity index (χ4v) is 9.05. The summed E-state index contributed by atoms with van der Waals surface area (Å²) in [6.07, 6.45) is 0. The summed E-state index contributed by atoms with van der Waals surface area (Å²) in [6.45, 7) is 0. The van der Waals surface area contributed by atoms with E-state index in [9.17, 15) is 21.6 Å². The molecule has 0 spiro atoms. The van der Waals surface area contributed by atoms with Gasteiger partial charge in [0.2, 0.25) is 0 Å². The van der Waals surface area contributed by atoms with Gasteiger partial charge in [0.1, 0.15) is 5.75 Å². The zero-order valence-electron chi connectivity index (χ0n) is 24.0. The Morgan fingerprint density at radius 2 is 0.739 bits per heavy atom. The third-order valence-electron chi connectivity index (χ3n) is 9.97. The first kappa shape index (κ1) is 27.2. The molecule has 46 heavy (non-hydrogen) atoms. The first-order chi connectivity index (χ1) is 22.2. The third-order valence-corrected chi connectivity index (χ3v) is 11.0. The summed E-state index contributed by atoms with van der Waals surface area (Å²) in [7, 11) is -5.92. The molecule has 7 heteroatoms. The van der Waals surface area contributed by atoms with Crippen LogP contribution in [-0.2, 0) is 20.9 Å². The van der Waals surface area contributed by atoms with Crippen molar-refractivity contribution in [1.29, 1.82) is 0 Å². The third kappa shape index (κ3) is 3.11. The minimum atomic E-state index is -5.92. The molecule has 6 aromatic carbocycles.